The van der Waals surface area contributed by atoms with E-state index in [4.69, 9.17) is 23.2 Å². The summed E-state index contributed by atoms with van der Waals surface area (Å²) in [4.78, 5) is 12.0. The molecule has 1 heterocycles. The molecule has 88 valence electrons. The summed E-state index contributed by atoms with van der Waals surface area (Å²) in [5.41, 5.74) is 0.888. The van der Waals surface area contributed by atoms with E-state index in [9.17, 15) is 0 Å². The van der Waals surface area contributed by atoms with Gasteiger partial charge in [0.15, 0.2) is 5.82 Å². The van der Waals surface area contributed by atoms with Crippen molar-refractivity contribution in [1.82, 2.24) is 15.0 Å². The van der Waals surface area contributed by atoms with Gasteiger partial charge in [0.05, 0.1) is 0 Å². The van der Waals surface area contributed by atoms with Crippen molar-refractivity contribution in [2.24, 2.45) is 0 Å². The second kappa shape index (κ2) is 4.52. The third-order valence-corrected chi connectivity index (χ3v) is 2.95. The number of rotatable bonds is 1. The standard InChI is InChI=1S/C13H7Cl2N3/c14-12-16-11(17-13(15)18-12)10-7-3-5-8-4-1-2-6-9(8)10/h1-7H. The molecule has 0 aliphatic heterocycles. The minimum absolute atomic E-state index is 0.0953. The smallest absolute Gasteiger partial charge is 0.198 e. The van der Waals surface area contributed by atoms with Gasteiger partial charge in [-0.3, -0.25) is 0 Å². The van der Waals surface area contributed by atoms with Crippen LogP contribution >= 0.6 is 23.2 Å². The van der Waals surface area contributed by atoms with Crippen LogP contribution in [-0.4, -0.2) is 15.0 Å². The molecule has 0 bridgehead atoms. The molecule has 0 spiro atoms. The van der Waals surface area contributed by atoms with Crippen LogP contribution in [-0.2, 0) is 0 Å². The van der Waals surface area contributed by atoms with Crippen LogP contribution in [0.25, 0.3) is 22.2 Å². The second-order valence-electron chi connectivity index (χ2n) is 3.72. The number of halogens is 2. The number of hydrogen-bond donors (Lipinski definition) is 0. The van der Waals surface area contributed by atoms with Crippen molar-refractivity contribution in [3.63, 3.8) is 0 Å². The molecule has 2 aromatic carbocycles. The normalized spacial score (nSPS) is 10.8. The Kier molecular flexibility index (Phi) is 2.86. The zero-order valence-corrected chi connectivity index (χ0v) is 10.7. The Morgan fingerprint density at radius 1 is 0.722 bits per heavy atom. The van der Waals surface area contributed by atoms with Crippen molar-refractivity contribution in [3.8, 4) is 11.4 Å². The zero-order valence-electron chi connectivity index (χ0n) is 9.14. The van der Waals surface area contributed by atoms with Gasteiger partial charge in [0, 0.05) is 5.56 Å². The number of aromatic nitrogens is 3. The van der Waals surface area contributed by atoms with E-state index < -0.39 is 0 Å². The van der Waals surface area contributed by atoms with Crippen LogP contribution in [0.3, 0.4) is 0 Å². The monoisotopic (exact) mass is 275 g/mol. The highest BCUT2D eigenvalue weighted by atomic mass is 35.5. The van der Waals surface area contributed by atoms with E-state index in [1.165, 1.54) is 0 Å². The minimum Gasteiger partial charge on any atom is -0.198 e. The van der Waals surface area contributed by atoms with E-state index in [0.717, 1.165) is 16.3 Å². The number of hydrogen-bond acceptors (Lipinski definition) is 3. The predicted molar refractivity (Wildman–Crippen MR) is 72.8 cm³/mol. The minimum atomic E-state index is 0.0953. The number of fused-ring (bicyclic) bond motifs is 1. The van der Waals surface area contributed by atoms with Crippen LogP contribution in [0.5, 0.6) is 0 Å². The maximum Gasteiger partial charge on any atom is 0.227 e. The molecule has 0 aliphatic carbocycles. The van der Waals surface area contributed by atoms with Gasteiger partial charge in [-0.05, 0) is 34.0 Å². The first-order valence-electron chi connectivity index (χ1n) is 5.29. The summed E-state index contributed by atoms with van der Waals surface area (Å²) >= 11 is 11.6. The molecule has 0 saturated heterocycles. The lowest BCUT2D eigenvalue weighted by molar-refractivity contribution is 1.06. The van der Waals surface area contributed by atoms with Crippen LogP contribution in [0.2, 0.25) is 10.6 Å². The summed E-state index contributed by atoms with van der Waals surface area (Å²) in [6.45, 7) is 0. The Labute approximate surface area is 113 Å². The quantitative estimate of drug-likeness (QED) is 0.674. The molecule has 3 rings (SSSR count). The van der Waals surface area contributed by atoms with Gasteiger partial charge in [-0.2, -0.15) is 15.0 Å². The van der Waals surface area contributed by atoms with Crippen molar-refractivity contribution < 1.29 is 0 Å². The second-order valence-corrected chi connectivity index (χ2v) is 4.40. The summed E-state index contributed by atoms with van der Waals surface area (Å²) in [5.74, 6) is 0.483. The molecule has 0 aliphatic rings. The van der Waals surface area contributed by atoms with Gasteiger partial charge >= 0.3 is 0 Å². The molecule has 18 heavy (non-hydrogen) atoms. The molecule has 3 aromatic rings. The van der Waals surface area contributed by atoms with Gasteiger partial charge in [-0.25, -0.2) is 0 Å². The Morgan fingerprint density at radius 2 is 1.39 bits per heavy atom. The Balaban J connectivity index is 2.31. The maximum atomic E-state index is 5.80. The largest absolute Gasteiger partial charge is 0.227 e. The van der Waals surface area contributed by atoms with Gasteiger partial charge in [-0.1, -0.05) is 42.5 Å². The van der Waals surface area contributed by atoms with Crippen LogP contribution in [0.4, 0.5) is 0 Å². The summed E-state index contributed by atoms with van der Waals surface area (Å²) in [5, 5.41) is 2.36. The molecule has 1 aromatic heterocycles. The predicted octanol–water partition coefficient (Wildman–Crippen LogP) is 4.00. The maximum absolute atomic E-state index is 5.80. The lowest BCUT2D eigenvalue weighted by Crippen LogP contribution is -1.94. The molecule has 5 heteroatoms. The average molecular weight is 276 g/mol. The van der Waals surface area contributed by atoms with Crippen molar-refractivity contribution >= 4 is 34.0 Å². The highest BCUT2D eigenvalue weighted by Crippen LogP contribution is 2.26. The highest BCUT2D eigenvalue weighted by Gasteiger charge is 2.09. The molecule has 0 amide bonds. The molecule has 0 atom stereocenters. The van der Waals surface area contributed by atoms with E-state index >= 15 is 0 Å². The molecule has 3 nitrogen and oxygen atoms in total. The molecule has 0 radical (unpaired) electrons. The van der Waals surface area contributed by atoms with E-state index in [0.29, 0.717) is 5.82 Å². The molecular weight excluding hydrogens is 269 g/mol. The topological polar surface area (TPSA) is 38.7 Å². The Bertz CT molecular complexity index is 703. The van der Waals surface area contributed by atoms with Crippen molar-refractivity contribution in [2.45, 2.75) is 0 Å². The fourth-order valence-corrected chi connectivity index (χ4v) is 2.23. The molecule has 0 saturated carbocycles. The Morgan fingerprint density at radius 3 is 2.17 bits per heavy atom. The van der Waals surface area contributed by atoms with E-state index in [1.54, 1.807) is 0 Å². The summed E-state index contributed by atoms with van der Waals surface area (Å²) < 4.78 is 0. The Hall–Kier alpha value is -1.71. The van der Waals surface area contributed by atoms with Crippen LogP contribution in [0.1, 0.15) is 0 Å². The van der Waals surface area contributed by atoms with Gasteiger partial charge in [0.1, 0.15) is 0 Å². The van der Waals surface area contributed by atoms with Crippen LogP contribution in [0, 0.1) is 0 Å². The molecule has 0 fully saturated rings. The van der Waals surface area contributed by atoms with Crippen LogP contribution < -0.4 is 0 Å². The summed E-state index contributed by atoms with van der Waals surface area (Å²) in [7, 11) is 0. The first-order chi connectivity index (χ1) is 8.74. The van der Waals surface area contributed by atoms with Gasteiger partial charge < -0.3 is 0 Å². The van der Waals surface area contributed by atoms with E-state index in [1.807, 2.05) is 42.5 Å². The van der Waals surface area contributed by atoms with Gasteiger partial charge in [0.2, 0.25) is 10.6 Å². The SMILES string of the molecule is Clc1nc(Cl)nc(-c2cccc3ccccc23)n1. The number of benzene rings is 2. The third-order valence-electron chi connectivity index (χ3n) is 2.61. The molecule has 0 unspecified atom stereocenters. The van der Waals surface area contributed by atoms with Crippen molar-refractivity contribution in [3.05, 3.63) is 53.0 Å². The average Bonchev–Trinajstić information content (AvgIpc) is 2.37. The number of nitrogens with zero attached hydrogens (tertiary/aromatic N) is 3. The lowest BCUT2D eigenvalue weighted by atomic mass is 10.0. The molecule has 0 N–H and O–H groups in total. The lowest BCUT2D eigenvalue weighted by Gasteiger charge is -2.05. The van der Waals surface area contributed by atoms with E-state index in [-0.39, 0.29) is 10.6 Å². The van der Waals surface area contributed by atoms with Gasteiger partial charge in [0.25, 0.3) is 0 Å². The summed E-state index contributed by atoms with van der Waals surface area (Å²) in [6.07, 6.45) is 0. The fraction of sp³-hybridized carbons (Fsp3) is 0. The zero-order chi connectivity index (χ0) is 12.5. The third kappa shape index (κ3) is 2.03. The highest BCUT2D eigenvalue weighted by molar-refractivity contribution is 6.31. The van der Waals surface area contributed by atoms with Crippen molar-refractivity contribution in [2.75, 3.05) is 0 Å². The fourth-order valence-electron chi connectivity index (χ4n) is 1.87. The van der Waals surface area contributed by atoms with E-state index in [2.05, 4.69) is 15.0 Å². The first-order valence-corrected chi connectivity index (χ1v) is 6.05. The summed E-state index contributed by atoms with van der Waals surface area (Å²) in [6, 6.07) is 13.9. The molecular formula is C13H7Cl2N3. The van der Waals surface area contributed by atoms with Crippen molar-refractivity contribution in [1.29, 1.82) is 0 Å². The van der Waals surface area contributed by atoms with Crippen LogP contribution in [0.15, 0.2) is 42.5 Å². The first kappa shape index (κ1) is 11.4. The van der Waals surface area contributed by atoms with Gasteiger partial charge in [-0.15, -0.1) is 0 Å².